The summed E-state index contributed by atoms with van der Waals surface area (Å²) < 4.78 is 0. The maximum Gasteiger partial charge on any atom is 0.259 e. The molecule has 2 rings (SSSR count). The standard InChI is InChI=1S/C16H16N2O2/c1-2-4-11-5-3-6-14(19)15(11)16(20)18-13-9-7-12(17)8-10-13/h2-3,5-10,19H,1,4,17H2,(H,18,20). The van der Waals surface area contributed by atoms with Gasteiger partial charge in [-0.3, -0.25) is 4.79 Å². The first-order valence-corrected chi connectivity index (χ1v) is 6.20. The molecule has 0 fully saturated rings. The number of hydrogen-bond donors (Lipinski definition) is 3. The van der Waals surface area contributed by atoms with E-state index in [-0.39, 0.29) is 17.2 Å². The maximum absolute atomic E-state index is 12.3. The van der Waals surface area contributed by atoms with Crippen LogP contribution in [0.15, 0.2) is 55.1 Å². The van der Waals surface area contributed by atoms with E-state index in [1.807, 2.05) is 0 Å². The summed E-state index contributed by atoms with van der Waals surface area (Å²) in [6.07, 6.45) is 2.20. The smallest absolute Gasteiger partial charge is 0.259 e. The number of nitrogen functional groups attached to an aromatic ring is 1. The Morgan fingerprint density at radius 3 is 2.60 bits per heavy atom. The SMILES string of the molecule is C=CCc1cccc(O)c1C(=O)Nc1ccc(N)cc1. The van der Waals surface area contributed by atoms with Gasteiger partial charge in [0, 0.05) is 11.4 Å². The predicted molar refractivity (Wildman–Crippen MR) is 80.8 cm³/mol. The minimum Gasteiger partial charge on any atom is -0.507 e. The number of carbonyl (C=O) groups excluding carboxylic acids is 1. The molecule has 0 atom stereocenters. The molecule has 0 saturated heterocycles. The Morgan fingerprint density at radius 2 is 1.95 bits per heavy atom. The molecule has 0 bridgehead atoms. The highest BCUT2D eigenvalue weighted by Gasteiger charge is 2.15. The molecule has 20 heavy (non-hydrogen) atoms. The van der Waals surface area contributed by atoms with Crippen molar-refractivity contribution in [1.82, 2.24) is 0 Å². The van der Waals surface area contributed by atoms with Crippen LogP contribution in [0.3, 0.4) is 0 Å². The Hall–Kier alpha value is -2.75. The molecule has 4 nitrogen and oxygen atoms in total. The topological polar surface area (TPSA) is 75.3 Å². The monoisotopic (exact) mass is 268 g/mol. The summed E-state index contributed by atoms with van der Waals surface area (Å²) in [7, 11) is 0. The van der Waals surface area contributed by atoms with E-state index in [0.717, 1.165) is 5.56 Å². The number of amides is 1. The molecule has 0 heterocycles. The van der Waals surface area contributed by atoms with Crippen molar-refractivity contribution in [2.75, 3.05) is 11.1 Å². The lowest BCUT2D eigenvalue weighted by atomic mass is 10.0. The van der Waals surface area contributed by atoms with Crippen LogP contribution >= 0.6 is 0 Å². The Bertz CT molecular complexity index is 633. The van der Waals surface area contributed by atoms with Gasteiger partial charge in [0.25, 0.3) is 5.91 Å². The average molecular weight is 268 g/mol. The van der Waals surface area contributed by atoms with E-state index >= 15 is 0 Å². The van der Waals surface area contributed by atoms with Crippen LogP contribution in [0, 0.1) is 0 Å². The lowest BCUT2D eigenvalue weighted by Gasteiger charge is -2.11. The number of benzene rings is 2. The zero-order valence-electron chi connectivity index (χ0n) is 11.0. The Balaban J connectivity index is 2.29. The van der Waals surface area contributed by atoms with E-state index in [9.17, 15) is 9.90 Å². The highest BCUT2D eigenvalue weighted by molar-refractivity contribution is 6.07. The van der Waals surface area contributed by atoms with E-state index < -0.39 is 0 Å². The van der Waals surface area contributed by atoms with Gasteiger partial charge in [0.1, 0.15) is 5.75 Å². The number of phenols is 1. The van der Waals surface area contributed by atoms with Crippen LogP contribution in [0.25, 0.3) is 0 Å². The van der Waals surface area contributed by atoms with Crippen molar-refractivity contribution in [1.29, 1.82) is 0 Å². The second-order valence-corrected chi connectivity index (χ2v) is 4.38. The van der Waals surface area contributed by atoms with Gasteiger partial charge in [0.15, 0.2) is 0 Å². The van der Waals surface area contributed by atoms with Gasteiger partial charge >= 0.3 is 0 Å². The summed E-state index contributed by atoms with van der Waals surface area (Å²) in [5.41, 5.74) is 7.84. The van der Waals surface area contributed by atoms with E-state index in [4.69, 9.17) is 5.73 Å². The first kappa shape index (κ1) is 13.7. The lowest BCUT2D eigenvalue weighted by Crippen LogP contribution is -2.14. The van der Waals surface area contributed by atoms with E-state index in [0.29, 0.717) is 17.8 Å². The van der Waals surface area contributed by atoms with Crippen molar-refractivity contribution in [2.45, 2.75) is 6.42 Å². The van der Waals surface area contributed by atoms with Gasteiger partial charge in [-0.2, -0.15) is 0 Å². The van der Waals surface area contributed by atoms with Crippen LogP contribution in [0.1, 0.15) is 15.9 Å². The molecule has 2 aromatic rings. The fourth-order valence-electron chi connectivity index (χ4n) is 1.93. The maximum atomic E-state index is 12.3. The number of rotatable bonds is 4. The van der Waals surface area contributed by atoms with Gasteiger partial charge in [0.05, 0.1) is 5.56 Å². The minimum absolute atomic E-state index is 0.0442. The molecule has 0 aliphatic rings. The third-order valence-electron chi connectivity index (χ3n) is 2.89. The second kappa shape index (κ2) is 5.93. The van der Waals surface area contributed by atoms with Gasteiger partial charge in [0.2, 0.25) is 0 Å². The van der Waals surface area contributed by atoms with Crippen molar-refractivity contribution < 1.29 is 9.90 Å². The number of carbonyl (C=O) groups is 1. The summed E-state index contributed by atoms with van der Waals surface area (Å²) in [6, 6.07) is 11.8. The zero-order chi connectivity index (χ0) is 14.5. The number of allylic oxidation sites excluding steroid dienone is 1. The minimum atomic E-state index is -0.357. The Kier molecular flexibility index (Phi) is 4.05. The van der Waals surface area contributed by atoms with Crippen LogP contribution in [0.5, 0.6) is 5.75 Å². The van der Waals surface area contributed by atoms with Crippen molar-refractivity contribution in [2.24, 2.45) is 0 Å². The van der Waals surface area contributed by atoms with Crippen LogP contribution in [0.4, 0.5) is 11.4 Å². The summed E-state index contributed by atoms with van der Waals surface area (Å²) in [5, 5.41) is 12.6. The third-order valence-corrected chi connectivity index (χ3v) is 2.89. The lowest BCUT2D eigenvalue weighted by molar-refractivity contribution is 0.102. The molecular weight excluding hydrogens is 252 g/mol. The first-order chi connectivity index (χ1) is 9.61. The Morgan fingerprint density at radius 1 is 1.25 bits per heavy atom. The van der Waals surface area contributed by atoms with Gasteiger partial charge in [-0.05, 0) is 42.3 Å². The highest BCUT2D eigenvalue weighted by Crippen LogP contribution is 2.23. The number of nitrogens with one attached hydrogen (secondary N) is 1. The summed E-state index contributed by atoms with van der Waals surface area (Å²) >= 11 is 0. The molecular formula is C16H16N2O2. The number of nitrogens with two attached hydrogens (primary N) is 1. The second-order valence-electron chi connectivity index (χ2n) is 4.38. The zero-order valence-corrected chi connectivity index (χ0v) is 11.0. The van der Waals surface area contributed by atoms with Crippen LogP contribution in [-0.4, -0.2) is 11.0 Å². The van der Waals surface area contributed by atoms with Crippen molar-refractivity contribution >= 4 is 17.3 Å². The molecule has 0 aliphatic heterocycles. The predicted octanol–water partition coefficient (Wildman–Crippen LogP) is 2.96. The quantitative estimate of drug-likeness (QED) is 0.589. The first-order valence-electron chi connectivity index (χ1n) is 6.20. The number of phenolic OH excluding ortho intramolecular Hbond substituents is 1. The van der Waals surface area contributed by atoms with Gasteiger partial charge in [-0.25, -0.2) is 0 Å². The normalized spacial score (nSPS) is 10.0. The van der Waals surface area contributed by atoms with E-state index in [2.05, 4.69) is 11.9 Å². The largest absolute Gasteiger partial charge is 0.507 e. The van der Waals surface area contributed by atoms with Crippen LogP contribution in [0.2, 0.25) is 0 Å². The van der Waals surface area contributed by atoms with Gasteiger partial charge < -0.3 is 16.2 Å². The average Bonchev–Trinajstić information content (AvgIpc) is 2.42. The summed E-state index contributed by atoms with van der Waals surface area (Å²) in [4.78, 5) is 12.3. The van der Waals surface area contributed by atoms with Crippen molar-refractivity contribution in [3.05, 3.63) is 66.2 Å². The third kappa shape index (κ3) is 2.98. The molecule has 0 spiro atoms. The molecule has 2 aromatic carbocycles. The summed E-state index contributed by atoms with van der Waals surface area (Å²) in [5.74, 6) is -0.401. The number of anilines is 2. The van der Waals surface area contributed by atoms with Crippen molar-refractivity contribution in [3.63, 3.8) is 0 Å². The highest BCUT2D eigenvalue weighted by atomic mass is 16.3. The molecule has 1 amide bonds. The molecule has 4 N–H and O–H groups in total. The van der Waals surface area contributed by atoms with Crippen LogP contribution < -0.4 is 11.1 Å². The summed E-state index contributed by atoms with van der Waals surface area (Å²) in [6.45, 7) is 3.65. The number of aromatic hydroxyl groups is 1. The van der Waals surface area contributed by atoms with Gasteiger partial charge in [-0.15, -0.1) is 6.58 Å². The molecule has 0 saturated carbocycles. The fraction of sp³-hybridized carbons (Fsp3) is 0.0625. The molecule has 0 aromatic heterocycles. The van der Waals surface area contributed by atoms with E-state index in [1.54, 1.807) is 42.5 Å². The molecule has 0 unspecified atom stereocenters. The van der Waals surface area contributed by atoms with E-state index in [1.165, 1.54) is 6.07 Å². The molecule has 4 heteroatoms. The van der Waals surface area contributed by atoms with Crippen molar-refractivity contribution in [3.8, 4) is 5.75 Å². The Labute approximate surface area is 117 Å². The fourth-order valence-corrected chi connectivity index (χ4v) is 1.93. The molecule has 0 aliphatic carbocycles. The molecule has 102 valence electrons. The van der Waals surface area contributed by atoms with Crippen LogP contribution in [-0.2, 0) is 6.42 Å². The van der Waals surface area contributed by atoms with Gasteiger partial charge in [-0.1, -0.05) is 18.2 Å². The molecule has 0 radical (unpaired) electrons. The number of hydrogen-bond acceptors (Lipinski definition) is 3.